The van der Waals surface area contributed by atoms with Crippen molar-refractivity contribution in [3.05, 3.63) is 28.2 Å². The Hall–Kier alpha value is -2.42. The first-order chi connectivity index (χ1) is 11.6. The van der Waals surface area contributed by atoms with Crippen molar-refractivity contribution in [2.45, 2.75) is 32.7 Å². The second-order valence-corrected chi connectivity index (χ2v) is 7.07. The Labute approximate surface area is 153 Å². The predicted octanol–water partition coefficient (Wildman–Crippen LogP) is 1.72. The van der Waals surface area contributed by atoms with Gasteiger partial charge in [0.15, 0.2) is 0 Å². The first-order valence-electron chi connectivity index (χ1n) is 7.58. The summed E-state index contributed by atoms with van der Waals surface area (Å²) in [6.45, 7) is 4.81. The SMILES string of the molecule is C/C(=N\NC(=O)CCN1C(=O)NC(C)(C)C1=O)c1cc(Br)ccc1O. The third-order valence-electron chi connectivity index (χ3n) is 3.70. The minimum Gasteiger partial charge on any atom is -0.507 e. The van der Waals surface area contributed by atoms with Gasteiger partial charge in [0.25, 0.3) is 5.91 Å². The zero-order valence-electron chi connectivity index (χ0n) is 14.1. The lowest BCUT2D eigenvalue weighted by molar-refractivity contribution is -0.130. The fourth-order valence-electron chi connectivity index (χ4n) is 2.29. The van der Waals surface area contributed by atoms with Crippen LogP contribution in [0.1, 0.15) is 32.8 Å². The lowest BCUT2D eigenvalue weighted by atomic mass is 10.1. The lowest BCUT2D eigenvalue weighted by Crippen LogP contribution is -2.40. The topological polar surface area (TPSA) is 111 Å². The van der Waals surface area contributed by atoms with Gasteiger partial charge in [0.05, 0.1) is 5.71 Å². The van der Waals surface area contributed by atoms with Gasteiger partial charge in [-0.15, -0.1) is 0 Å². The van der Waals surface area contributed by atoms with Gasteiger partial charge in [0.1, 0.15) is 11.3 Å². The molecular weight excluding hydrogens is 392 g/mol. The van der Waals surface area contributed by atoms with Gasteiger partial charge in [0, 0.05) is 23.0 Å². The van der Waals surface area contributed by atoms with E-state index in [4.69, 9.17) is 0 Å². The number of nitrogens with zero attached hydrogens (tertiary/aromatic N) is 2. The number of imide groups is 1. The largest absolute Gasteiger partial charge is 0.507 e. The maximum absolute atomic E-state index is 12.0. The number of aromatic hydroxyl groups is 1. The fourth-order valence-corrected chi connectivity index (χ4v) is 2.66. The zero-order chi connectivity index (χ0) is 18.8. The molecule has 1 aromatic rings. The van der Waals surface area contributed by atoms with E-state index in [1.165, 1.54) is 6.07 Å². The Bertz CT molecular complexity index is 761. The summed E-state index contributed by atoms with van der Waals surface area (Å²) < 4.78 is 0.766. The maximum Gasteiger partial charge on any atom is 0.325 e. The molecule has 0 unspecified atom stereocenters. The third-order valence-corrected chi connectivity index (χ3v) is 4.20. The normalized spacial score (nSPS) is 16.8. The van der Waals surface area contributed by atoms with Crippen LogP contribution < -0.4 is 10.7 Å². The quantitative estimate of drug-likeness (QED) is 0.389. The number of phenols is 1. The Morgan fingerprint density at radius 1 is 1.40 bits per heavy atom. The highest BCUT2D eigenvalue weighted by molar-refractivity contribution is 9.10. The maximum atomic E-state index is 12.0. The van der Waals surface area contributed by atoms with Crippen molar-refractivity contribution in [2.24, 2.45) is 5.10 Å². The monoisotopic (exact) mass is 410 g/mol. The summed E-state index contributed by atoms with van der Waals surface area (Å²) in [5, 5.41) is 16.3. The van der Waals surface area contributed by atoms with Crippen LogP contribution in [0.2, 0.25) is 0 Å². The minimum absolute atomic E-state index is 0.0311. The Balaban J connectivity index is 1.94. The van der Waals surface area contributed by atoms with E-state index in [2.05, 4.69) is 31.8 Å². The molecule has 9 heteroatoms. The molecule has 0 aromatic heterocycles. The molecule has 0 aliphatic carbocycles. The van der Waals surface area contributed by atoms with Crippen molar-refractivity contribution in [3.63, 3.8) is 0 Å². The Morgan fingerprint density at radius 3 is 2.68 bits per heavy atom. The van der Waals surface area contributed by atoms with E-state index in [1.807, 2.05) is 0 Å². The van der Waals surface area contributed by atoms with Crippen molar-refractivity contribution in [2.75, 3.05) is 6.54 Å². The van der Waals surface area contributed by atoms with E-state index in [0.29, 0.717) is 11.3 Å². The summed E-state index contributed by atoms with van der Waals surface area (Å²) in [5.74, 6) is -0.775. The molecule has 0 spiro atoms. The molecule has 0 atom stereocenters. The molecule has 0 saturated carbocycles. The van der Waals surface area contributed by atoms with Crippen LogP contribution in [0, 0.1) is 0 Å². The second kappa shape index (κ2) is 7.22. The van der Waals surface area contributed by atoms with E-state index in [0.717, 1.165) is 9.37 Å². The number of phenolic OH excluding ortho intramolecular Hbond substituents is 1. The van der Waals surface area contributed by atoms with Crippen LogP contribution in [-0.2, 0) is 9.59 Å². The van der Waals surface area contributed by atoms with Gasteiger partial charge < -0.3 is 10.4 Å². The number of urea groups is 1. The van der Waals surface area contributed by atoms with Gasteiger partial charge in [-0.05, 0) is 39.0 Å². The predicted molar refractivity (Wildman–Crippen MR) is 95.1 cm³/mol. The summed E-state index contributed by atoms with van der Waals surface area (Å²) in [4.78, 5) is 36.7. The van der Waals surface area contributed by atoms with Crippen LogP contribution in [-0.4, -0.2) is 45.6 Å². The molecule has 8 nitrogen and oxygen atoms in total. The highest BCUT2D eigenvalue weighted by atomic mass is 79.9. The van der Waals surface area contributed by atoms with Gasteiger partial charge in [0.2, 0.25) is 5.91 Å². The van der Waals surface area contributed by atoms with Crippen molar-refractivity contribution >= 4 is 39.5 Å². The number of carbonyl (C=O) groups excluding carboxylic acids is 3. The van der Waals surface area contributed by atoms with Crippen molar-refractivity contribution in [3.8, 4) is 5.75 Å². The number of rotatable bonds is 5. The van der Waals surface area contributed by atoms with E-state index in [1.54, 1.807) is 32.9 Å². The number of halogens is 1. The molecule has 1 aromatic carbocycles. The first-order valence-corrected chi connectivity index (χ1v) is 8.37. The number of hydrazone groups is 1. The molecule has 1 heterocycles. The highest BCUT2D eigenvalue weighted by Gasteiger charge is 2.43. The fraction of sp³-hybridized carbons (Fsp3) is 0.375. The summed E-state index contributed by atoms with van der Waals surface area (Å²) in [7, 11) is 0. The minimum atomic E-state index is -0.958. The van der Waals surface area contributed by atoms with Crippen LogP contribution in [0.3, 0.4) is 0 Å². The van der Waals surface area contributed by atoms with Crippen LogP contribution >= 0.6 is 15.9 Å². The molecule has 4 amide bonds. The lowest BCUT2D eigenvalue weighted by Gasteiger charge is -2.15. The molecule has 1 aliphatic heterocycles. The highest BCUT2D eigenvalue weighted by Crippen LogP contribution is 2.22. The van der Waals surface area contributed by atoms with Crippen molar-refractivity contribution in [1.29, 1.82) is 0 Å². The molecule has 1 saturated heterocycles. The van der Waals surface area contributed by atoms with Gasteiger partial charge in [-0.2, -0.15) is 5.10 Å². The molecular formula is C16H19BrN4O4. The summed E-state index contributed by atoms with van der Waals surface area (Å²) in [6, 6.07) is 4.36. The number of nitrogens with one attached hydrogen (secondary N) is 2. The van der Waals surface area contributed by atoms with E-state index < -0.39 is 17.5 Å². The average molecular weight is 411 g/mol. The smallest absolute Gasteiger partial charge is 0.325 e. The third kappa shape index (κ3) is 4.36. The summed E-state index contributed by atoms with van der Waals surface area (Å²) >= 11 is 3.30. The molecule has 3 N–H and O–H groups in total. The van der Waals surface area contributed by atoms with Crippen LogP contribution in [0.25, 0.3) is 0 Å². The second-order valence-electron chi connectivity index (χ2n) is 6.16. The van der Waals surface area contributed by atoms with Crippen molar-refractivity contribution in [1.82, 2.24) is 15.6 Å². The first kappa shape index (κ1) is 18.9. The number of hydrogen-bond acceptors (Lipinski definition) is 5. The molecule has 0 bridgehead atoms. The molecule has 134 valence electrons. The van der Waals surface area contributed by atoms with Gasteiger partial charge >= 0.3 is 6.03 Å². The van der Waals surface area contributed by atoms with Crippen LogP contribution in [0.4, 0.5) is 4.79 Å². The average Bonchev–Trinajstić information content (AvgIpc) is 2.73. The van der Waals surface area contributed by atoms with Gasteiger partial charge in [-0.25, -0.2) is 10.2 Å². The molecule has 1 fully saturated rings. The molecule has 25 heavy (non-hydrogen) atoms. The standard InChI is InChI=1S/C16H19BrN4O4/c1-9(11-8-10(17)4-5-12(11)22)19-20-13(23)6-7-21-14(24)16(2,3)18-15(21)25/h4-5,8,22H,6-7H2,1-3H3,(H,18,25)(H,20,23)/b19-9+. The Morgan fingerprint density at radius 2 is 2.08 bits per heavy atom. The van der Waals surface area contributed by atoms with Crippen LogP contribution in [0.5, 0.6) is 5.75 Å². The van der Waals surface area contributed by atoms with Crippen LogP contribution in [0.15, 0.2) is 27.8 Å². The summed E-state index contributed by atoms with van der Waals surface area (Å²) in [6.07, 6.45) is -0.0729. The van der Waals surface area contributed by atoms with Crippen molar-refractivity contribution < 1.29 is 19.5 Å². The number of carbonyl (C=O) groups is 3. The Kier molecular flexibility index (Phi) is 5.46. The number of benzene rings is 1. The van der Waals surface area contributed by atoms with Gasteiger partial charge in [-0.3, -0.25) is 14.5 Å². The number of amides is 4. The molecule has 2 rings (SSSR count). The zero-order valence-corrected chi connectivity index (χ0v) is 15.7. The summed E-state index contributed by atoms with van der Waals surface area (Å²) in [5.41, 5.74) is 2.29. The molecule has 0 radical (unpaired) electrons. The molecule has 1 aliphatic rings. The van der Waals surface area contributed by atoms with E-state index in [9.17, 15) is 19.5 Å². The van der Waals surface area contributed by atoms with Gasteiger partial charge in [-0.1, -0.05) is 15.9 Å². The number of hydrogen-bond donors (Lipinski definition) is 3. The van der Waals surface area contributed by atoms with E-state index in [-0.39, 0.29) is 24.6 Å². The van der Waals surface area contributed by atoms with E-state index >= 15 is 0 Å².